The Kier molecular flexibility index (Phi) is 44.8. The number of likely N-dealkylation sites (N-methyl/N-ethyl adjacent to an activating group) is 1. The van der Waals surface area contributed by atoms with Gasteiger partial charge >= 0.3 is 0 Å². The van der Waals surface area contributed by atoms with Crippen LogP contribution in [0.4, 0.5) is 0 Å². The van der Waals surface area contributed by atoms with Gasteiger partial charge < -0.3 is 28.8 Å². The Bertz CT molecular complexity index is 1480. The monoisotopic (exact) mass is 937 g/mol. The van der Waals surface area contributed by atoms with Crippen molar-refractivity contribution in [2.45, 2.75) is 193 Å². The number of phosphoric acid groups is 1. The molecule has 0 radical (unpaired) electrons. The van der Waals surface area contributed by atoms with Crippen molar-refractivity contribution in [2.75, 3.05) is 40.9 Å². The highest BCUT2D eigenvalue weighted by molar-refractivity contribution is 7.45. The second-order valence-electron chi connectivity index (χ2n) is 18.1. The first-order valence-corrected chi connectivity index (χ1v) is 27.3. The predicted molar refractivity (Wildman–Crippen MR) is 283 cm³/mol. The minimum absolute atomic E-state index is 0.00355. The van der Waals surface area contributed by atoms with Gasteiger partial charge in [0.15, 0.2) is 0 Å². The summed E-state index contributed by atoms with van der Waals surface area (Å²) >= 11 is 0. The Hall–Kier alpha value is -3.10. The molecule has 0 aromatic rings. The molecule has 0 aliphatic rings. The summed E-state index contributed by atoms with van der Waals surface area (Å²) in [6, 6.07) is -0.832. The number of unbranched alkanes of at least 4 members (excludes halogenated alkanes) is 12. The summed E-state index contributed by atoms with van der Waals surface area (Å²) in [5.74, 6) is -0.214. The van der Waals surface area contributed by atoms with Gasteiger partial charge in [-0.3, -0.25) is 9.36 Å². The van der Waals surface area contributed by atoms with Crippen molar-refractivity contribution in [3.05, 3.63) is 122 Å². The second-order valence-corrected chi connectivity index (χ2v) is 19.6. The summed E-state index contributed by atoms with van der Waals surface area (Å²) in [7, 11) is 1.25. The van der Waals surface area contributed by atoms with Crippen molar-refractivity contribution in [3.63, 3.8) is 0 Å². The van der Waals surface area contributed by atoms with Crippen LogP contribution in [0.1, 0.15) is 181 Å². The lowest BCUT2D eigenvalue weighted by molar-refractivity contribution is -0.870. The Labute approximate surface area is 405 Å². The number of allylic oxidation sites excluding steroid dienone is 20. The van der Waals surface area contributed by atoms with Gasteiger partial charge in [0.05, 0.1) is 39.9 Å². The number of nitrogens with one attached hydrogen (secondary N) is 1. The van der Waals surface area contributed by atoms with E-state index in [2.05, 4.69) is 141 Å². The van der Waals surface area contributed by atoms with Crippen LogP contribution in [-0.2, 0) is 18.4 Å². The third-order valence-electron chi connectivity index (χ3n) is 10.7. The number of carbonyl (C=O) groups is 1. The molecule has 0 saturated carbocycles. The average molecular weight is 937 g/mol. The number of rotatable bonds is 45. The summed E-state index contributed by atoms with van der Waals surface area (Å²) in [5.41, 5.74) is 0. The summed E-state index contributed by atoms with van der Waals surface area (Å²) in [5, 5.41) is 13.9. The first-order valence-electron chi connectivity index (χ1n) is 25.9. The van der Waals surface area contributed by atoms with Gasteiger partial charge in [0.2, 0.25) is 5.91 Å². The maximum absolute atomic E-state index is 12.9. The van der Waals surface area contributed by atoms with E-state index in [1.165, 1.54) is 51.4 Å². The van der Waals surface area contributed by atoms with E-state index in [0.717, 1.165) is 96.3 Å². The minimum Gasteiger partial charge on any atom is -0.756 e. The normalized spacial score (nSPS) is 15.1. The number of nitrogens with zero attached hydrogens (tertiary/aromatic N) is 1. The molecule has 0 aliphatic carbocycles. The van der Waals surface area contributed by atoms with Crippen molar-refractivity contribution in [2.24, 2.45) is 0 Å². The molecular formula is C57H97N2O6P. The third kappa shape index (κ3) is 48.8. The van der Waals surface area contributed by atoms with E-state index in [4.69, 9.17) is 9.05 Å². The fraction of sp³-hybridized carbons (Fsp3) is 0.632. The largest absolute Gasteiger partial charge is 0.756 e. The summed E-state index contributed by atoms with van der Waals surface area (Å²) < 4.78 is 23.3. The molecule has 9 heteroatoms. The van der Waals surface area contributed by atoms with Gasteiger partial charge in [-0.2, -0.15) is 0 Å². The fourth-order valence-electron chi connectivity index (χ4n) is 6.65. The molecule has 376 valence electrons. The van der Waals surface area contributed by atoms with Crippen LogP contribution in [-0.4, -0.2) is 68.5 Å². The summed E-state index contributed by atoms with van der Waals surface area (Å²) in [6.45, 7) is 4.53. The first kappa shape index (κ1) is 62.9. The molecule has 0 rings (SSSR count). The fourth-order valence-corrected chi connectivity index (χ4v) is 7.38. The zero-order valence-electron chi connectivity index (χ0n) is 42.6. The molecule has 0 fully saturated rings. The predicted octanol–water partition coefficient (Wildman–Crippen LogP) is 14.8. The van der Waals surface area contributed by atoms with Gasteiger partial charge in [0, 0.05) is 6.42 Å². The van der Waals surface area contributed by atoms with Crippen LogP contribution in [0.25, 0.3) is 0 Å². The standard InChI is InChI=1S/C57H97N2O6P/c1-6-8-10-12-14-16-18-19-20-21-22-23-24-25-26-27-28-29-30-31-32-33-34-35-36-37-38-39-41-43-45-47-49-51-57(61)58-55(54-65-66(62,63)64-53-52-59(3,4)5)56(60)50-48-46-44-42-40-17-15-13-11-9-7-2/h8,10,14,16,19-20,22-23,25-26,28-29,31-32,34-35,37-38,41,43,55-56,60H,6-7,9,11-13,15,17-18,21,24,27,30,33,36,39-40,42,44-54H2,1-5H3,(H-,58,61,62,63)/b10-8-,16-14-,20-19-,23-22-,26-25-,29-28-,32-31-,35-34-,38-37-,43-41-. The van der Waals surface area contributed by atoms with E-state index in [1.807, 2.05) is 21.1 Å². The lowest BCUT2D eigenvalue weighted by Crippen LogP contribution is -2.46. The van der Waals surface area contributed by atoms with Crippen molar-refractivity contribution in [1.82, 2.24) is 5.32 Å². The molecule has 0 aliphatic heterocycles. The van der Waals surface area contributed by atoms with Crippen molar-refractivity contribution < 1.29 is 32.9 Å². The Balaban J connectivity index is 4.28. The number of hydrogen-bond donors (Lipinski definition) is 2. The minimum atomic E-state index is -4.59. The number of amides is 1. The van der Waals surface area contributed by atoms with E-state index < -0.39 is 20.0 Å². The molecule has 0 bridgehead atoms. The van der Waals surface area contributed by atoms with E-state index in [-0.39, 0.29) is 19.1 Å². The zero-order chi connectivity index (χ0) is 48.5. The number of aliphatic hydroxyl groups is 1. The molecule has 66 heavy (non-hydrogen) atoms. The lowest BCUT2D eigenvalue weighted by Gasteiger charge is -2.30. The maximum atomic E-state index is 12.9. The second kappa shape index (κ2) is 47.0. The van der Waals surface area contributed by atoms with Gasteiger partial charge in [-0.15, -0.1) is 0 Å². The van der Waals surface area contributed by atoms with Gasteiger partial charge in [-0.1, -0.05) is 206 Å². The quantitative estimate of drug-likeness (QED) is 0.0273. The van der Waals surface area contributed by atoms with Crippen LogP contribution < -0.4 is 10.2 Å². The van der Waals surface area contributed by atoms with Gasteiger partial charge in [-0.05, 0) is 89.9 Å². The topological polar surface area (TPSA) is 108 Å². The summed E-state index contributed by atoms with van der Waals surface area (Å²) in [4.78, 5) is 25.4. The molecule has 3 atom stereocenters. The molecular weight excluding hydrogens is 840 g/mol. The molecule has 0 aromatic heterocycles. The lowest BCUT2D eigenvalue weighted by atomic mass is 10.0. The highest BCUT2D eigenvalue weighted by atomic mass is 31.2. The van der Waals surface area contributed by atoms with Crippen molar-refractivity contribution in [3.8, 4) is 0 Å². The molecule has 3 unspecified atom stereocenters. The molecule has 2 N–H and O–H groups in total. The SMILES string of the molecule is CC/C=C\C/C=C\C/C=C\C/C=C\C/C=C\C/C=C\C/C=C\C/C=C\C/C=C\C/C=C\CCCCC(=O)NC(COP(=O)([O-])OCC[N+](C)(C)C)C(O)CCCCCCCCCCCCC. The molecule has 0 spiro atoms. The zero-order valence-corrected chi connectivity index (χ0v) is 43.5. The number of hydrogen-bond acceptors (Lipinski definition) is 6. The van der Waals surface area contributed by atoms with Crippen LogP contribution >= 0.6 is 7.82 Å². The number of quaternary nitrogens is 1. The smallest absolute Gasteiger partial charge is 0.268 e. The van der Waals surface area contributed by atoms with Gasteiger partial charge in [0.25, 0.3) is 7.82 Å². The molecule has 1 amide bonds. The Morgan fingerprint density at radius 3 is 1.32 bits per heavy atom. The first-order chi connectivity index (χ1) is 32.0. The molecule has 8 nitrogen and oxygen atoms in total. The number of carbonyl (C=O) groups excluding carboxylic acids is 1. The van der Waals surface area contributed by atoms with E-state index in [0.29, 0.717) is 30.3 Å². The van der Waals surface area contributed by atoms with E-state index in [1.54, 1.807) is 0 Å². The maximum Gasteiger partial charge on any atom is 0.268 e. The van der Waals surface area contributed by atoms with Gasteiger partial charge in [-0.25, -0.2) is 0 Å². The average Bonchev–Trinajstić information content (AvgIpc) is 3.28. The molecule has 0 saturated heterocycles. The Morgan fingerprint density at radius 1 is 0.545 bits per heavy atom. The highest BCUT2D eigenvalue weighted by Gasteiger charge is 2.24. The van der Waals surface area contributed by atoms with Crippen LogP contribution in [0, 0.1) is 0 Å². The summed E-state index contributed by atoms with van der Waals surface area (Å²) in [6.07, 6.45) is 69.4. The van der Waals surface area contributed by atoms with Crippen LogP contribution in [0.3, 0.4) is 0 Å². The van der Waals surface area contributed by atoms with Crippen LogP contribution in [0.15, 0.2) is 122 Å². The Morgan fingerprint density at radius 2 is 0.924 bits per heavy atom. The number of phosphoric ester groups is 1. The van der Waals surface area contributed by atoms with Crippen molar-refractivity contribution in [1.29, 1.82) is 0 Å². The highest BCUT2D eigenvalue weighted by Crippen LogP contribution is 2.38. The van der Waals surface area contributed by atoms with Gasteiger partial charge in [0.1, 0.15) is 13.2 Å². The molecule has 0 heterocycles. The molecule has 0 aromatic carbocycles. The van der Waals surface area contributed by atoms with E-state index in [9.17, 15) is 19.4 Å². The van der Waals surface area contributed by atoms with E-state index >= 15 is 0 Å². The van der Waals surface area contributed by atoms with Crippen LogP contribution in [0.5, 0.6) is 0 Å². The van der Waals surface area contributed by atoms with Crippen molar-refractivity contribution >= 4 is 13.7 Å². The number of aliphatic hydroxyl groups excluding tert-OH is 1. The van der Waals surface area contributed by atoms with Crippen LogP contribution in [0.2, 0.25) is 0 Å². The third-order valence-corrected chi connectivity index (χ3v) is 11.7.